The molecule has 0 radical (unpaired) electrons. The molecular weight excluding hydrogens is 269 g/mol. The van der Waals surface area contributed by atoms with Crippen molar-refractivity contribution < 1.29 is 9.18 Å². The monoisotopic (exact) mass is 285 g/mol. The summed E-state index contributed by atoms with van der Waals surface area (Å²) in [6.07, 6.45) is 2.39. The van der Waals surface area contributed by atoms with Crippen LogP contribution in [0.5, 0.6) is 0 Å². The van der Waals surface area contributed by atoms with Crippen molar-refractivity contribution >= 4 is 17.8 Å². The van der Waals surface area contributed by atoms with Gasteiger partial charge in [0.2, 0.25) is 0 Å². The van der Waals surface area contributed by atoms with E-state index in [9.17, 15) is 9.18 Å². The maximum atomic E-state index is 12.9. The van der Waals surface area contributed by atoms with E-state index in [1.54, 1.807) is 12.3 Å². The van der Waals surface area contributed by atoms with Gasteiger partial charge in [0.15, 0.2) is 6.29 Å². The molecule has 0 saturated carbocycles. The number of aromatic nitrogens is 1. The molecule has 0 atom stereocenters. The Bertz CT molecular complexity index is 604. The van der Waals surface area contributed by atoms with Crippen molar-refractivity contribution in [3.63, 3.8) is 0 Å². The van der Waals surface area contributed by atoms with Gasteiger partial charge in [-0.25, -0.2) is 9.37 Å². The summed E-state index contributed by atoms with van der Waals surface area (Å²) in [5, 5.41) is 0. The fraction of sp³-hybridized carbons (Fsp3) is 0.250. The average Bonchev–Trinajstić information content (AvgIpc) is 2.56. The Balaban J connectivity index is 1.64. The van der Waals surface area contributed by atoms with Crippen LogP contribution in [0.15, 0.2) is 42.6 Å². The molecule has 5 heteroatoms. The number of hydrogen-bond acceptors (Lipinski definition) is 4. The fourth-order valence-electron chi connectivity index (χ4n) is 2.50. The molecule has 4 nitrogen and oxygen atoms in total. The average molecular weight is 285 g/mol. The van der Waals surface area contributed by atoms with Gasteiger partial charge in [0.05, 0.1) is 0 Å². The highest BCUT2D eigenvalue weighted by Crippen LogP contribution is 2.19. The molecule has 1 saturated heterocycles. The van der Waals surface area contributed by atoms with Crippen LogP contribution in [0.1, 0.15) is 10.4 Å². The molecule has 1 aliphatic rings. The lowest BCUT2D eigenvalue weighted by Gasteiger charge is -2.36. The first kappa shape index (κ1) is 13.5. The van der Waals surface area contributed by atoms with Crippen LogP contribution >= 0.6 is 0 Å². The van der Waals surface area contributed by atoms with Crippen molar-refractivity contribution in [3.8, 4) is 0 Å². The van der Waals surface area contributed by atoms with Crippen LogP contribution in [-0.4, -0.2) is 37.4 Å². The second kappa shape index (κ2) is 5.91. The van der Waals surface area contributed by atoms with E-state index in [1.165, 1.54) is 12.1 Å². The van der Waals surface area contributed by atoms with E-state index in [0.717, 1.165) is 44.0 Å². The first-order valence-electron chi connectivity index (χ1n) is 6.93. The largest absolute Gasteiger partial charge is 0.368 e. The molecule has 3 rings (SSSR count). The van der Waals surface area contributed by atoms with Crippen LogP contribution in [0.4, 0.5) is 15.9 Å². The zero-order valence-electron chi connectivity index (χ0n) is 11.6. The molecule has 21 heavy (non-hydrogen) atoms. The summed E-state index contributed by atoms with van der Waals surface area (Å²) in [6.45, 7) is 3.43. The highest BCUT2D eigenvalue weighted by atomic mass is 19.1. The van der Waals surface area contributed by atoms with Gasteiger partial charge in [-0.1, -0.05) is 0 Å². The van der Waals surface area contributed by atoms with Crippen LogP contribution in [0.3, 0.4) is 0 Å². The van der Waals surface area contributed by atoms with Gasteiger partial charge >= 0.3 is 0 Å². The van der Waals surface area contributed by atoms with Gasteiger partial charge in [0.25, 0.3) is 0 Å². The van der Waals surface area contributed by atoms with Crippen molar-refractivity contribution in [2.45, 2.75) is 0 Å². The Morgan fingerprint density at radius 2 is 1.62 bits per heavy atom. The fourth-order valence-corrected chi connectivity index (χ4v) is 2.50. The minimum Gasteiger partial charge on any atom is -0.368 e. The summed E-state index contributed by atoms with van der Waals surface area (Å²) >= 11 is 0. The Morgan fingerprint density at radius 1 is 0.952 bits per heavy atom. The predicted molar refractivity (Wildman–Crippen MR) is 80.5 cm³/mol. The zero-order chi connectivity index (χ0) is 14.7. The number of benzene rings is 1. The standard InChI is InChI=1S/C16H16FN3O/c17-14-2-4-15(5-3-14)19-7-9-20(10-8-19)16-6-1-13(12-21)11-18-16/h1-6,11-12H,7-10H2. The van der Waals surface area contributed by atoms with Crippen molar-refractivity contribution in [1.82, 2.24) is 4.98 Å². The lowest BCUT2D eigenvalue weighted by molar-refractivity contribution is 0.112. The van der Waals surface area contributed by atoms with E-state index in [4.69, 9.17) is 0 Å². The second-order valence-electron chi connectivity index (χ2n) is 5.02. The minimum absolute atomic E-state index is 0.211. The number of carbonyl (C=O) groups excluding carboxylic acids is 1. The summed E-state index contributed by atoms with van der Waals surface area (Å²) in [6, 6.07) is 10.2. The Hall–Kier alpha value is -2.43. The van der Waals surface area contributed by atoms with E-state index in [-0.39, 0.29) is 5.82 Å². The van der Waals surface area contributed by atoms with Crippen LogP contribution in [0.25, 0.3) is 0 Å². The molecule has 0 unspecified atom stereocenters. The number of piperazine rings is 1. The highest BCUT2D eigenvalue weighted by Gasteiger charge is 2.18. The molecule has 0 spiro atoms. The number of carbonyl (C=O) groups is 1. The Kier molecular flexibility index (Phi) is 3.81. The van der Waals surface area contributed by atoms with Crippen molar-refractivity contribution in [3.05, 3.63) is 54.0 Å². The molecular formula is C16H16FN3O. The normalized spacial score (nSPS) is 15.1. The second-order valence-corrected chi connectivity index (χ2v) is 5.02. The first-order valence-corrected chi connectivity index (χ1v) is 6.93. The van der Waals surface area contributed by atoms with E-state index < -0.39 is 0 Å². The molecule has 1 aromatic carbocycles. The van der Waals surface area contributed by atoms with Gasteiger partial charge in [-0.15, -0.1) is 0 Å². The molecule has 1 aliphatic heterocycles. The number of nitrogens with zero attached hydrogens (tertiary/aromatic N) is 3. The van der Waals surface area contributed by atoms with Gasteiger partial charge < -0.3 is 9.80 Å². The lowest BCUT2D eigenvalue weighted by atomic mass is 10.2. The molecule has 0 aliphatic carbocycles. The number of rotatable bonds is 3. The van der Waals surface area contributed by atoms with Crippen molar-refractivity contribution in [2.75, 3.05) is 36.0 Å². The molecule has 2 aromatic rings. The summed E-state index contributed by atoms with van der Waals surface area (Å²) < 4.78 is 12.9. The molecule has 0 amide bonds. The van der Waals surface area contributed by atoms with Gasteiger partial charge in [0, 0.05) is 43.6 Å². The third-order valence-corrected chi connectivity index (χ3v) is 3.70. The Labute approximate surface area is 122 Å². The number of halogens is 1. The lowest BCUT2D eigenvalue weighted by Crippen LogP contribution is -2.46. The third-order valence-electron chi connectivity index (χ3n) is 3.70. The quantitative estimate of drug-likeness (QED) is 0.811. The Morgan fingerprint density at radius 3 is 2.19 bits per heavy atom. The summed E-state index contributed by atoms with van der Waals surface area (Å²) in [5.74, 6) is 0.677. The first-order chi connectivity index (χ1) is 10.3. The van der Waals surface area contributed by atoms with Crippen LogP contribution in [0, 0.1) is 5.82 Å². The van der Waals surface area contributed by atoms with E-state index in [2.05, 4.69) is 14.8 Å². The SMILES string of the molecule is O=Cc1ccc(N2CCN(c3ccc(F)cc3)CC2)nc1. The van der Waals surface area contributed by atoms with Gasteiger partial charge in [-0.3, -0.25) is 4.79 Å². The molecule has 2 heterocycles. The maximum Gasteiger partial charge on any atom is 0.151 e. The molecule has 0 N–H and O–H groups in total. The van der Waals surface area contributed by atoms with Gasteiger partial charge in [-0.05, 0) is 36.4 Å². The van der Waals surface area contributed by atoms with Crippen molar-refractivity contribution in [2.24, 2.45) is 0 Å². The van der Waals surface area contributed by atoms with E-state index >= 15 is 0 Å². The predicted octanol–water partition coefficient (Wildman–Crippen LogP) is 2.36. The molecule has 0 bridgehead atoms. The minimum atomic E-state index is -0.211. The highest BCUT2D eigenvalue weighted by molar-refractivity contribution is 5.74. The van der Waals surface area contributed by atoms with E-state index in [0.29, 0.717) is 5.56 Å². The van der Waals surface area contributed by atoms with Crippen molar-refractivity contribution in [1.29, 1.82) is 0 Å². The summed E-state index contributed by atoms with van der Waals surface area (Å²) in [7, 11) is 0. The zero-order valence-corrected chi connectivity index (χ0v) is 11.6. The van der Waals surface area contributed by atoms with Crippen LogP contribution in [0.2, 0.25) is 0 Å². The van der Waals surface area contributed by atoms with Gasteiger partial charge in [-0.2, -0.15) is 0 Å². The number of pyridine rings is 1. The topological polar surface area (TPSA) is 36.4 Å². The van der Waals surface area contributed by atoms with Crippen LogP contribution in [-0.2, 0) is 0 Å². The molecule has 108 valence electrons. The molecule has 1 aromatic heterocycles. The summed E-state index contributed by atoms with van der Waals surface area (Å²) in [4.78, 5) is 19.4. The maximum absolute atomic E-state index is 12.9. The number of aldehydes is 1. The van der Waals surface area contributed by atoms with Crippen LogP contribution < -0.4 is 9.80 Å². The summed E-state index contributed by atoms with van der Waals surface area (Å²) in [5.41, 5.74) is 1.63. The third kappa shape index (κ3) is 3.02. The number of anilines is 2. The van der Waals surface area contributed by atoms with Gasteiger partial charge in [0.1, 0.15) is 11.6 Å². The number of hydrogen-bond donors (Lipinski definition) is 0. The smallest absolute Gasteiger partial charge is 0.151 e. The molecule has 1 fully saturated rings. The van der Waals surface area contributed by atoms with E-state index in [1.807, 2.05) is 18.2 Å².